The Morgan fingerprint density at radius 2 is 0.604 bits per heavy atom. The van der Waals surface area contributed by atoms with Gasteiger partial charge in [0, 0.05) is 42.1 Å². The van der Waals surface area contributed by atoms with E-state index in [4.69, 9.17) is 14.0 Å². The Morgan fingerprint density at radius 1 is 0.377 bits per heavy atom. The van der Waals surface area contributed by atoms with Gasteiger partial charge in [0.15, 0.2) is 0 Å². The summed E-state index contributed by atoms with van der Waals surface area (Å²) >= 11 is 0. The predicted octanol–water partition coefficient (Wildman–Crippen LogP) is 8.58. The van der Waals surface area contributed by atoms with E-state index in [0.717, 1.165) is 6.42 Å². The van der Waals surface area contributed by atoms with Gasteiger partial charge in [0.05, 0.1) is 0 Å². The Kier molecular flexibility index (Phi) is 29.9. The second-order valence-corrected chi connectivity index (χ2v) is 14.4. The van der Waals surface area contributed by atoms with Crippen molar-refractivity contribution in [3.05, 3.63) is 238 Å². The van der Waals surface area contributed by atoms with E-state index < -0.39 is 15.8 Å². The van der Waals surface area contributed by atoms with E-state index in [9.17, 15) is 0 Å². The van der Waals surface area contributed by atoms with Crippen LogP contribution in [0.3, 0.4) is 0 Å². The van der Waals surface area contributed by atoms with Gasteiger partial charge in [-0.05, 0) is 66.2 Å². The quantitative estimate of drug-likeness (QED) is 0.0529. The summed E-state index contributed by atoms with van der Waals surface area (Å²) in [5.74, 6) is 0. The molecule has 0 spiro atoms. The molecule has 7 rings (SSSR count). The number of rotatable bonds is 6. The third-order valence-electron chi connectivity index (χ3n) is 6.84. The van der Waals surface area contributed by atoms with Crippen molar-refractivity contribution >= 4 is 47.7 Å². The standard InChI is InChI=1S/2C18H15P.C7H6.3CO.Mo.Pt/c2*1-4-10-16(11-5-1)19(17-12-6-2-7-13-17)18-14-8-3-9-15-18;1-2-4-6-7-5-3-1;3*1-2;;/h2*1-15H;1-3,6H,4H2;;;;;. The summed E-state index contributed by atoms with van der Waals surface area (Å²) < 4.78 is 22.5. The molecular formula is C46H36MoO3P2Pt. The molecule has 6 aromatic rings. The molecule has 0 aliphatic heterocycles. The van der Waals surface area contributed by atoms with Crippen molar-refractivity contribution in [3.8, 4) is 0 Å². The summed E-state index contributed by atoms with van der Waals surface area (Å²) in [4.78, 5) is 0. The van der Waals surface area contributed by atoms with Crippen molar-refractivity contribution in [2.24, 2.45) is 0 Å². The molecule has 0 aromatic heterocycles. The van der Waals surface area contributed by atoms with Crippen LogP contribution in [0.25, 0.3) is 0 Å². The zero-order valence-electron chi connectivity index (χ0n) is 28.7. The summed E-state index contributed by atoms with van der Waals surface area (Å²) in [5, 5.41) is 8.39. The minimum absolute atomic E-state index is 0. The smallest absolute Gasteiger partial charge is 0 e. The van der Waals surface area contributed by atoms with Crippen LogP contribution in [0.1, 0.15) is 6.42 Å². The molecule has 264 valence electrons. The first-order chi connectivity index (χ1) is 25.4. The van der Waals surface area contributed by atoms with E-state index in [0.29, 0.717) is 0 Å². The topological polar surface area (TPSA) is 59.7 Å². The van der Waals surface area contributed by atoms with Crippen molar-refractivity contribution < 1.29 is 56.1 Å². The van der Waals surface area contributed by atoms with Crippen LogP contribution in [0.5, 0.6) is 0 Å². The summed E-state index contributed by atoms with van der Waals surface area (Å²) in [6.45, 7) is 13.5. The Balaban J connectivity index is 0.000000752. The summed E-state index contributed by atoms with van der Waals surface area (Å²) in [7, 11) is -0.892. The maximum absolute atomic E-state index is 7.50. The van der Waals surface area contributed by atoms with Crippen LogP contribution >= 0.6 is 15.8 Å². The molecule has 3 nitrogen and oxygen atoms in total. The molecule has 7 heteroatoms. The first kappa shape index (κ1) is 48.8. The number of hydrogen-bond donors (Lipinski definition) is 0. The van der Waals surface area contributed by atoms with Gasteiger partial charge < -0.3 is 0 Å². The van der Waals surface area contributed by atoms with Crippen molar-refractivity contribution in [1.29, 1.82) is 0 Å². The Bertz CT molecular complexity index is 1650. The van der Waals surface area contributed by atoms with E-state index in [1.807, 2.05) is 18.2 Å². The molecule has 1 aliphatic carbocycles. The van der Waals surface area contributed by atoms with Crippen molar-refractivity contribution in [3.63, 3.8) is 0 Å². The minimum atomic E-state index is -0.446. The zero-order chi connectivity index (χ0) is 36.8. The van der Waals surface area contributed by atoms with Gasteiger partial charge in [-0.25, -0.2) is 0 Å². The van der Waals surface area contributed by atoms with Crippen LogP contribution in [0.4, 0.5) is 0 Å². The fourth-order valence-electron chi connectivity index (χ4n) is 4.79. The molecule has 0 amide bonds. The molecule has 0 atom stereocenters. The Morgan fingerprint density at radius 3 is 0.830 bits per heavy atom. The first-order valence-electron chi connectivity index (χ1n) is 15.7. The molecule has 0 fully saturated rings. The molecular weight excluding hydrogens is 953 g/mol. The Labute approximate surface area is 345 Å². The van der Waals surface area contributed by atoms with Gasteiger partial charge in [0.1, 0.15) is 0 Å². The zero-order valence-corrected chi connectivity index (χ0v) is 34.7. The fourth-order valence-corrected chi connectivity index (χ4v) is 9.40. The SMILES string of the molecule is C1=C=CCC=CC=1.[C-]#[O+].[C-]#[O+].[C-]#[O+].[Mo].[Pt].c1ccc(P(c2ccccc2)c2ccccc2)cc1.c1ccc(P(c2ccccc2)c2ccccc2)cc1. The average molecular weight is 990 g/mol. The third kappa shape index (κ3) is 17.9. The van der Waals surface area contributed by atoms with Crippen LogP contribution < -0.4 is 31.8 Å². The average Bonchev–Trinajstić information content (AvgIpc) is 3.57. The molecule has 0 radical (unpaired) electrons. The molecule has 0 bridgehead atoms. The van der Waals surface area contributed by atoms with E-state index in [1.165, 1.54) is 31.8 Å². The van der Waals surface area contributed by atoms with Crippen LogP contribution in [0, 0.1) is 20.0 Å². The summed E-state index contributed by atoms with van der Waals surface area (Å²) in [6, 6.07) is 64.7. The summed E-state index contributed by atoms with van der Waals surface area (Å²) in [6.07, 6.45) is 8.82. The van der Waals surface area contributed by atoms with Crippen molar-refractivity contribution in [2.45, 2.75) is 6.42 Å². The van der Waals surface area contributed by atoms with Crippen LogP contribution in [-0.4, -0.2) is 0 Å². The van der Waals surface area contributed by atoms with Gasteiger partial charge in [-0.15, -0.1) is 0 Å². The van der Waals surface area contributed by atoms with Gasteiger partial charge in [-0.1, -0.05) is 206 Å². The molecule has 0 N–H and O–H groups in total. The minimum Gasteiger partial charge on any atom is -0.0622 e. The maximum Gasteiger partial charge on any atom is 0 e. The van der Waals surface area contributed by atoms with Crippen LogP contribution in [-0.2, 0) is 56.1 Å². The molecule has 53 heavy (non-hydrogen) atoms. The number of allylic oxidation sites excluding steroid dienone is 4. The third-order valence-corrected chi connectivity index (χ3v) is 11.7. The first-order valence-corrected chi connectivity index (χ1v) is 18.4. The molecule has 6 aromatic carbocycles. The van der Waals surface area contributed by atoms with E-state index >= 15 is 0 Å². The number of hydrogen-bond acceptors (Lipinski definition) is 0. The van der Waals surface area contributed by atoms with Crippen LogP contribution in [0.15, 0.2) is 218 Å². The second kappa shape index (κ2) is 32.5. The van der Waals surface area contributed by atoms with Gasteiger partial charge in [-0.2, -0.15) is 0 Å². The second-order valence-electron chi connectivity index (χ2n) is 10.0. The summed E-state index contributed by atoms with van der Waals surface area (Å²) in [5.41, 5.74) is 5.68. The largest absolute Gasteiger partial charge is 0.0622 e. The normalized spacial score (nSPS) is 9.66. The van der Waals surface area contributed by atoms with Gasteiger partial charge >= 0.3 is 33.9 Å². The molecule has 0 saturated heterocycles. The monoisotopic (exact) mass is 991 g/mol. The number of benzene rings is 6. The molecule has 0 unspecified atom stereocenters. The molecule has 0 saturated carbocycles. The van der Waals surface area contributed by atoms with E-state index in [1.54, 1.807) is 0 Å². The van der Waals surface area contributed by atoms with Crippen molar-refractivity contribution in [2.75, 3.05) is 0 Å². The maximum atomic E-state index is 7.50. The van der Waals surface area contributed by atoms with E-state index in [2.05, 4.69) is 219 Å². The van der Waals surface area contributed by atoms with Crippen LogP contribution in [0.2, 0.25) is 0 Å². The molecule has 1 aliphatic rings. The Hall–Kier alpha value is -4.18. The predicted molar refractivity (Wildman–Crippen MR) is 212 cm³/mol. The van der Waals surface area contributed by atoms with E-state index in [-0.39, 0.29) is 42.1 Å². The van der Waals surface area contributed by atoms with Gasteiger partial charge in [-0.3, -0.25) is 0 Å². The van der Waals surface area contributed by atoms with Crippen molar-refractivity contribution in [1.82, 2.24) is 0 Å². The molecule has 0 heterocycles. The van der Waals surface area contributed by atoms with Gasteiger partial charge in [0.25, 0.3) is 0 Å². The fraction of sp³-hybridized carbons (Fsp3) is 0.0217. The van der Waals surface area contributed by atoms with Gasteiger partial charge in [0.2, 0.25) is 0 Å².